The zero-order valence-electron chi connectivity index (χ0n) is 11.3. The standard InChI is InChI=1S/C12H21N5O/c1-12(2,17(3)4)8-15-11(18)9-5-6-10(16-13)14-7-9/h5-7H,8,13H2,1-4H3,(H,14,16)(H,15,18). The fourth-order valence-electron chi connectivity index (χ4n) is 1.17. The lowest BCUT2D eigenvalue weighted by Crippen LogP contribution is -2.48. The average Bonchev–Trinajstić information content (AvgIpc) is 2.36. The first-order chi connectivity index (χ1) is 8.36. The van der Waals surface area contributed by atoms with Crippen LogP contribution in [0.5, 0.6) is 0 Å². The summed E-state index contributed by atoms with van der Waals surface area (Å²) in [6, 6.07) is 3.34. The lowest BCUT2D eigenvalue weighted by atomic mass is 10.0. The molecule has 4 N–H and O–H groups in total. The van der Waals surface area contributed by atoms with Crippen LogP contribution in [0.2, 0.25) is 0 Å². The maximum atomic E-state index is 11.9. The molecule has 0 saturated heterocycles. The third-order valence-electron chi connectivity index (χ3n) is 3.07. The van der Waals surface area contributed by atoms with Crippen molar-refractivity contribution in [1.29, 1.82) is 0 Å². The van der Waals surface area contributed by atoms with Crippen molar-refractivity contribution in [3.05, 3.63) is 23.9 Å². The number of likely N-dealkylation sites (N-methyl/N-ethyl adjacent to an activating group) is 1. The van der Waals surface area contributed by atoms with Gasteiger partial charge in [0, 0.05) is 18.3 Å². The van der Waals surface area contributed by atoms with Crippen molar-refractivity contribution in [3.63, 3.8) is 0 Å². The van der Waals surface area contributed by atoms with E-state index in [9.17, 15) is 4.79 Å². The second-order valence-corrected chi connectivity index (χ2v) is 4.97. The van der Waals surface area contributed by atoms with Crippen molar-refractivity contribution in [2.75, 3.05) is 26.1 Å². The van der Waals surface area contributed by atoms with Gasteiger partial charge >= 0.3 is 0 Å². The zero-order chi connectivity index (χ0) is 13.8. The SMILES string of the molecule is CN(C)C(C)(C)CNC(=O)c1ccc(NN)nc1. The molecule has 0 unspecified atom stereocenters. The Kier molecular flexibility index (Phi) is 4.63. The van der Waals surface area contributed by atoms with E-state index in [1.165, 1.54) is 6.20 Å². The van der Waals surface area contributed by atoms with Crippen molar-refractivity contribution < 1.29 is 4.79 Å². The molecule has 1 rings (SSSR count). The number of aromatic nitrogens is 1. The first kappa shape index (κ1) is 14.4. The fourth-order valence-corrected chi connectivity index (χ4v) is 1.17. The predicted octanol–water partition coefficient (Wildman–Crippen LogP) is 0.437. The summed E-state index contributed by atoms with van der Waals surface area (Å²) in [7, 11) is 3.96. The lowest BCUT2D eigenvalue weighted by Gasteiger charge is -2.32. The van der Waals surface area contributed by atoms with E-state index in [0.717, 1.165) is 0 Å². The number of nitrogen functional groups attached to an aromatic ring is 1. The van der Waals surface area contributed by atoms with Gasteiger partial charge in [-0.3, -0.25) is 4.79 Å². The molecule has 6 nitrogen and oxygen atoms in total. The molecule has 0 saturated carbocycles. The number of hydrogen-bond acceptors (Lipinski definition) is 5. The Morgan fingerprint density at radius 3 is 2.56 bits per heavy atom. The van der Waals surface area contributed by atoms with Crippen LogP contribution < -0.4 is 16.6 Å². The zero-order valence-corrected chi connectivity index (χ0v) is 11.3. The number of anilines is 1. The summed E-state index contributed by atoms with van der Waals surface area (Å²) < 4.78 is 0. The van der Waals surface area contributed by atoms with Gasteiger partial charge in [0.15, 0.2) is 0 Å². The van der Waals surface area contributed by atoms with Gasteiger partial charge in [-0.2, -0.15) is 0 Å². The summed E-state index contributed by atoms with van der Waals surface area (Å²) in [6.07, 6.45) is 1.49. The molecule has 0 atom stereocenters. The number of nitrogens with two attached hydrogens (primary N) is 1. The van der Waals surface area contributed by atoms with Gasteiger partial charge in [0.1, 0.15) is 5.82 Å². The van der Waals surface area contributed by atoms with E-state index in [4.69, 9.17) is 5.84 Å². The van der Waals surface area contributed by atoms with E-state index in [-0.39, 0.29) is 11.4 Å². The Morgan fingerprint density at radius 2 is 2.11 bits per heavy atom. The van der Waals surface area contributed by atoms with Crippen LogP contribution in [-0.2, 0) is 0 Å². The second-order valence-electron chi connectivity index (χ2n) is 4.97. The molecule has 1 aromatic heterocycles. The summed E-state index contributed by atoms with van der Waals surface area (Å²) in [5.41, 5.74) is 2.84. The molecular weight excluding hydrogens is 230 g/mol. The van der Waals surface area contributed by atoms with Crippen molar-refractivity contribution in [2.24, 2.45) is 5.84 Å². The highest BCUT2D eigenvalue weighted by Crippen LogP contribution is 2.09. The largest absolute Gasteiger partial charge is 0.350 e. The Hall–Kier alpha value is -1.66. The van der Waals surface area contributed by atoms with E-state index >= 15 is 0 Å². The molecule has 1 aromatic rings. The van der Waals surface area contributed by atoms with E-state index in [1.807, 2.05) is 14.1 Å². The van der Waals surface area contributed by atoms with Gasteiger partial charge in [0.25, 0.3) is 5.91 Å². The molecule has 0 aromatic carbocycles. The maximum Gasteiger partial charge on any atom is 0.252 e. The van der Waals surface area contributed by atoms with Gasteiger partial charge in [-0.25, -0.2) is 10.8 Å². The molecule has 0 aliphatic heterocycles. The average molecular weight is 251 g/mol. The molecule has 100 valence electrons. The van der Waals surface area contributed by atoms with Crippen LogP contribution in [0.1, 0.15) is 24.2 Å². The fraction of sp³-hybridized carbons (Fsp3) is 0.500. The Labute approximate surface area is 108 Å². The number of rotatable bonds is 5. The molecule has 0 aliphatic rings. The van der Waals surface area contributed by atoms with Crippen LogP contribution in [0.4, 0.5) is 5.82 Å². The quantitative estimate of drug-likeness (QED) is 0.522. The monoisotopic (exact) mass is 251 g/mol. The molecular formula is C12H21N5O. The van der Waals surface area contributed by atoms with Crippen LogP contribution in [0.15, 0.2) is 18.3 Å². The van der Waals surface area contributed by atoms with E-state index in [0.29, 0.717) is 17.9 Å². The highest BCUT2D eigenvalue weighted by molar-refractivity contribution is 5.94. The van der Waals surface area contributed by atoms with Gasteiger partial charge < -0.3 is 15.6 Å². The highest BCUT2D eigenvalue weighted by Gasteiger charge is 2.21. The van der Waals surface area contributed by atoms with E-state index < -0.39 is 0 Å². The van der Waals surface area contributed by atoms with Crippen LogP contribution in [0.25, 0.3) is 0 Å². The predicted molar refractivity (Wildman–Crippen MR) is 72.1 cm³/mol. The van der Waals surface area contributed by atoms with E-state index in [1.54, 1.807) is 12.1 Å². The van der Waals surface area contributed by atoms with Crippen molar-refractivity contribution >= 4 is 11.7 Å². The minimum atomic E-state index is -0.138. The molecule has 0 fully saturated rings. The second kappa shape index (κ2) is 5.79. The molecule has 0 spiro atoms. The molecule has 18 heavy (non-hydrogen) atoms. The first-order valence-electron chi connectivity index (χ1n) is 5.75. The van der Waals surface area contributed by atoms with Crippen LogP contribution in [0.3, 0.4) is 0 Å². The summed E-state index contributed by atoms with van der Waals surface area (Å²) in [5, 5.41) is 2.89. The van der Waals surface area contributed by atoms with Crippen molar-refractivity contribution in [3.8, 4) is 0 Å². The van der Waals surface area contributed by atoms with Gasteiger partial charge in [-0.15, -0.1) is 0 Å². The third kappa shape index (κ3) is 3.68. The van der Waals surface area contributed by atoms with Crippen molar-refractivity contribution in [1.82, 2.24) is 15.2 Å². The van der Waals surface area contributed by atoms with Crippen LogP contribution in [0, 0.1) is 0 Å². The summed E-state index contributed by atoms with van der Waals surface area (Å²) in [5.74, 6) is 5.60. The smallest absolute Gasteiger partial charge is 0.252 e. The number of nitrogens with zero attached hydrogens (tertiary/aromatic N) is 2. The number of carbonyl (C=O) groups excluding carboxylic acids is 1. The number of amides is 1. The summed E-state index contributed by atoms with van der Waals surface area (Å²) >= 11 is 0. The Morgan fingerprint density at radius 1 is 1.44 bits per heavy atom. The normalized spacial score (nSPS) is 11.4. The number of hydrazine groups is 1. The summed E-state index contributed by atoms with van der Waals surface area (Å²) in [6.45, 7) is 4.69. The summed E-state index contributed by atoms with van der Waals surface area (Å²) in [4.78, 5) is 17.9. The molecule has 0 radical (unpaired) electrons. The van der Waals surface area contributed by atoms with Crippen molar-refractivity contribution in [2.45, 2.75) is 19.4 Å². The molecule has 0 aliphatic carbocycles. The molecule has 0 bridgehead atoms. The molecule has 6 heteroatoms. The maximum absolute atomic E-state index is 11.9. The van der Waals surface area contributed by atoms with E-state index in [2.05, 4.69) is 34.5 Å². The number of carbonyl (C=O) groups is 1. The minimum absolute atomic E-state index is 0.0954. The number of nitrogens with one attached hydrogen (secondary N) is 2. The van der Waals surface area contributed by atoms with Gasteiger partial charge in [-0.1, -0.05) is 0 Å². The van der Waals surface area contributed by atoms with Crippen LogP contribution >= 0.6 is 0 Å². The number of hydrogen-bond donors (Lipinski definition) is 3. The molecule has 1 heterocycles. The highest BCUT2D eigenvalue weighted by atomic mass is 16.1. The minimum Gasteiger partial charge on any atom is -0.350 e. The molecule has 1 amide bonds. The lowest BCUT2D eigenvalue weighted by molar-refractivity contribution is 0.0919. The van der Waals surface area contributed by atoms with Gasteiger partial charge in [0.05, 0.1) is 5.56 Å². The number of pyridine rings is 1. The third-order valence-corrected chi connectivity index (χ3v) is 3.07. The van der Waals surface area contributed by atoms with Crippen LogP contribution in [-0.4, -0.2) is 42.0 Å². The first-order valence-corrected chi connectivity index (χ1v) is 5.75. The Bertz CT molecular complexity index is 399. The van der Waals surface area contributed by atoms with Gasteiger partial charge in [0.2, 0.25) is 0 Å². The topological polar surface area (TPSA) is 83.3 Å². The Balaban J connectivity index is 2.60. The van der Waals surface area contributed by atoms with Gasteiger partial charge in [-0.05, 0) is 40.1 Å².